The van der Waals surface area contributed by atoms with Crippen LogP contribution in [0.3, 0.4) is 0 Å². The second-order valence-corrected chi connectivity index (χ2v) is 7.06. The minimum atomic E-state index is -1.04. The van der Waals surface area contributed by atoms with Crippen LogP contribution in [0.2, 0.25) is 0 Å². The second kappa shape index (κ2) is 4.93. The Kier molecular flexibility index (Phi) is 3.41. The van der Waals surface area contributed by atoms with Crippen molar-refractivity contribution in [1.29, 1.82) is 0 Å². The van der Waals surface area contributed by atoms with Gasteiger partial charge in [0, 0.05) is 24.2 Å². The van der Waals surface area contributed by atoms with Crippen LogP contribution in [0, 0.1) is 0 Å². The summed E-state index contributed by atoms with van der Waals surface area (Å²) < 4.78 is 11.3. The average molecular weight is 306 g/mol. The third-order valence-corrected chi connectivity index (χ3v) is 4.11. The zero-order valence-electron chi connectivity index (χ0n) is 13.4. The zero-order valence-corrected chi connectivity index (χ0v) is 13.4. The van der Waals surface area contributed by atoms with Gasteiger partial charge in [0.15, 0.2) is 6.29 Å². The fourth-order valence-corrected chi connectivity index (χ4v) is 3.26. The molecule has 1 amide bonds. The van der Waals surface area contributed by atoms with Gasteiger partial charge in [0.2, 0.25) is 0 Å². The molecule has 1 spiro atoms. The number of pyridine rings is 1. The van der Waals surface area contributed by atoms with E-state index in [0.717, 1.165) is 5.56 Å². The highest BCUT2D eigenvalue weighted by atomic mass is 16.6. The highest BCUT2D eigenvalue weighted by molar-refractivity contribution is 5.69. The predicted molar refractivity (Wildman–Crippen MR) is 79.0 cm³/mol. The molecule has 2 unspecified atom stereocenters. The van der Waals surface area contributed by atoms with Gasteiger partial charge in [-0.2, -0.15) is 0 Å². The number of hydrogen-bond acceptors (Lipinski definition) is 5. The first-order valence-corrected chi connectivity index (χ1v) is 7.53. The minimum absolute atomic E-state index is 0.0341. The molecule has 6 nitrogen and oxygen atoms in total. The maximum absolute atomic E-state index is 12.4. The van der Waals surface area contributed by atoms with E-state index in [2.05, 4.69) is 4.98 Å². The summed E-state index contributed by atoms with van der Waals surface area (Å²) >= 11 is 0. The summed E-state index contributed by atoms with van der Waals surface area (Å²) in [4.78, 5) is 18.2. The summed E-state index contributed by atoms with van der Waals surface area (Å²) in [5.41, 5.74) is 0.169. The van der Waals surface area contributed by atoms with Crippen LogP contribution in [0.1, 0.15) is 51.7 Å². The number of nitrogens with zero attached hydrogens (tertiary/aromatic N) is 2. The van der Waals surface area contributed by atoms with Crippen molar-refractivity contribution >= 4 is 6.09 Å². The van der Waals surface area contributed by atoms with Gasteiger partial charge in [-0.1, -0.05) is 6.07 Å². The average Bonchev–Trinajstić information content (AvgIpc) is 2.87. The van der Waals surface area contributed by atoms with E-state index in [-0.39, 0.29) is 12.1 Å². The number of hydrogen-bond donors (Lipinski definition) is 1. The van der Waals surface area contributed by atoms with Crippen LogP contribution >= 0.6 is 0 Å². The van der Waals surface area contributed by atoms with Gasteiger partial charge in [0.25, 0.3) is 0 Å². The maximum atomic E-state index is 12.4. The molecule has 120 valence electrons. The summed E-state index contributed by atoms with van der Waals surface area (Å²) in [6, 6.07) is 3.69. The van der Waals surface area contributed by atoms with Gasteiger partial charge in [-0.25, -0.2) is 4.79 Å². The van der Waals surface area contributed by atoms with E-state index in [0.29, 0.717) is 18.7 Å². The van der Waals surface area contributed by atoms with Crippen LogP contribution in [-0.4, -0.2) is 39.3 Å². The molecule has 1 aromatic heterocycles. The van der Waals surface area contributed by atoms with E-state index in [9.17, 15) is 9.90 Å². The summed E-state index contributed by atoms with van der Waals surface area (Å²) in [5, 5.41) is 10.1. The lowest BCUT2D eigenvalue weighted by atomic mass is 9.92. The molecule has 0 aromatic carbocycles. The highest BCUT2D eigenvalue weighted by Crippen LogP contribution is 2.48. The number of aliphatic hydroxyl groups is 1. The van der Waals surface area contributed by atoms with Crippen molar-refractivity contribution in [3.63, 3.8) is 0 Å². The second-order valence-electron chi connectivity index (χ2n) is 7.06. The molecule has 0 aliphatic carbocycles. The Morgan fingerprint density at radius 2 is 2.27 bits per heavy atom. The van der Waals surface area contributed by atoms with Gasteiger partial charge in [-0.15, -0.1) is 0 Å². The van der Waals surface area contributed by atoms with Crippen LogP contribution in [-0.2, 0) is 15.1 Å². The van der Waals surface area contributed by atoms with Gasteiger partial charge in [-0.3, -0.25) is 4.98 Å². The van der Waals surface area contributed by atoms with Crippen LogP contribution in [0.15, 0.2) is 18.3 Å². The summed E-state index contributed by atoms with van der Waals surface area (Å²) in [6.07, 6.45) is 0.852. The van der Waals surface area contributed by atoms with Gasteiger partial charge in [0.1, 0.15) is 16.9 Å². The minimum Gasteiger partial charge on any atom is -0.444 e. The SMILES string of the molecule is C[C@H]1CC2(CN1C(=O)OC(C)(C)C)OC(O)c1ncccc12. The Morgan fingerprint density at radius 1 is 1.55 bits per heavy atom. The largest absolute Gasteiger partial charge is 0.444 e. The first kappa shape index (κ1) is 15.2. The van der Waals surface area contributed by atoms with Crippen molar-refractivity contribution < 1.29 is 19.4 Å². The van der Waals surface area contributed by atoms with E-state index < -0.39 is 17.5 Å². The lowest BCUT2D eigenvalue weighted by Crippen LogP contribution is -2.40. The maximum Gasteiger partial charge on any atom is 0.410 e. The topological polar surface area (TPSA) is 71.9 Å². The third-order valence-electron chi connectivity index (χ3n) is 4.11. The first-order valence-electron chi connectivity index (χ1n) is 7.53. The zero-order chi connectivity index (χ0) is 16.1. The van der Waals surface area contributed by atoms with E-state index in [1.54, 1.807) is 11.1 Å². The Labute approximate surface area is 130 Å². The van der Waals surface area contributed by atoms with Crippen LogP contribution in [0.4, 0.5) is 4.79 Å². The number of carbonyl (C=O) groups is 1. The molecule has 0 radical (unpaired) electrons. The quantitative estimate of drug-likeness (QED) is 0.796. The highest BCUT2D eigenvalue weighted by Gasteiger charge is 2.53. The molecule has 2 aliphatic heterocycles. The van der Waals surface area contributed by atoms with Gasteiger partial charge < -0.3 is 19.5 Å². The molecule has 3 heterocycles. The summed E-state index contributed by atoms with van der Waals surface area (Å²) in [5.74, 6) is 0. The molecular formula is C16H22N2O4. The van der Waals surface area contributed by atoms with Crippen LogP contribution in [0.5, 0.6) is 0 Å². The number of fused-ring (bicyclic) bond motifs is 2. The van der Waals surface area contributed by atoms with Crippen LogP contribution < -0.4 is 0 Å². The molecule has 1 fully saturated rings. The molecule has 3 atom stereocenters. The number of carbonyl (C=O) groups excluding carboxylic acids is 1. The normalized spacial score (nSPS) is 30.7. The molecule has 3 rings (SSSR count). The fourth-order valence-electron chi connectivity index (χ4n) is 3.26. The van der Waals surface area contributed by atoms with Crippen molar-refractivity contribution in [1.82, 2.24) is 9.88 Å². The van der Waals surface area contributed by atoms with Gasteiger partial charge in [0.05, 0.1) is 6.54 Å². The van der Waals surface area contributed by atoms with Gasteiger partial charge >= 0.3 is 6.09 Å². The smallest absolute Gasteiger partial charge is 0.410 e. The van der Waals surface area contributed by atoms with Crippen molar-refractivity contribution in [3.05, 3.63) is 29.6 Å². The number of rotatable bonds is 0. The van der Waals surface area contributed by atoms with Crippen molar-refractivity contribution in [3.8, 4) is 0 Å². The molecule has 1 N–H and O–H groups in total. The first-order chi connectivity index (χ1) is 10.2. The lowest BCUT2D eigenvalue weighted by Gasteiger charge is -2.28. The van der Waals surface area contributed by atoms with E-state index in [1.165, 1.54) is 0 Å². The number of likely N-dealkylation sites (tertiary alicyclic amines) is 1. The molecule has 22 heavy (non-hydrogen) atoms. The molecule has 0 bridgehead atoms. The molecule has 0 saturated carbocycles. The van der Waals surface area contributed by atoms with Gasteiger partial charge in [-0.05, 0) is 33.8 Å². The predicted octanol–water partition coefficient (Wildman–Crippen LogP) is 2.33. The third kappa shape index (κ3) is 2.46. The monoisotopic (exact) mass is 306 g/mol. The van der Waals surface area contributed by atoms with Crippen molar-refractivity contribution in [2.75, 3.05) is 6.54 Å². The summed E-state index contributed by atoms with van der Waals surface area (Å²) in [7, 11) is 0. The lowest BCUT2D eigenvalue weighted by molar-refractivity contribution is -0.168. The number of aromatic nitrogens is 1. The molecule has 1 aromatic rings. The van der Waals surface area contributed by atoms with Crippen LogP contribution in [0.25, 0.3) is 0 Å². The Morgan fingerprint density at radius 3 is 2.95 bits per heavy atom. The number of aliphatic hydroxyl groups excluding tert-OH is 1. The summed E-state index contributed by atoms with van der Waals surface area (Å²) in [6.45, 7) is 7.85. The number of amides is 1. The Hall–Kier alpha value is -1.66. The molecule has 6 heteroatoms. The van der Waals surface area contributed by atoms with Crippen molar-refractivity contribution in [2.45, 2.75) is 57.6 Å². The van der Waals surface area contributed by atoms with E-state index >= 15 is 0 Å². The Balaban J connectivity index is 1.86. The van der Waals surface area contributed by atoms with E-state index in [1.807, 2.05) is 39.8 Å². The van der Waals surface area contributed by atoms with Crippen molar-refractivity contribution in [2.24, 2.45) is 0 Å². The standard InChI is InChI=1S/C16H22N2O4/c1-10-8-16(9-18(10)14(20)22-15(2,3)4)11-6-5-7-17-12(11)13(19)21-16/h5-7,10,13,19H,8-9H2,1-4H3/t10-,13?,16?/m0/s1. The molecule has 2 aliphatic rings. The molecule has 1 saturated heterocycles. The van der Waals surface area contributed by atoms with E-state index in [4.69, 9.17) is 9.47 Å². The molecular weight excluding hydrogens is 284 g/mol. The Bertz CT molecular complexity index is 598. The fraction of sp³-hybridized carbons (Fsp3) is 0.625. The number of ether oxygens (including phenoxy) is 2.